The molecule has 1 aliphatic heterocycles. The lowest BCUT2D eigenvalue weighted by molar-refractivity contribution is -0.127. The molecule has 2 rings (SSSR count). The molecule has 1 saturated heterocycles. The van der Waals surface area contributed by atoms with Gasteiger partial charge in [-0.25, -0.2) is 8.42 Å². The van der Waals surface area contributed by atoms with Gasteiger partial charge >= 0.3 is 0 Å². The van der Waals surface area contributed by atoms with Crippen molar-refractivity contribution >= 4 is 28.3 Å². The number of carbonyl (C=O) groups excluding carboxylic acids is 1. The number of sulfonamides is 1. The van der Waals surface area contributed by atoms with Crippen LogP contribution in [-0.4, -0.2) is 43.8 Å². The second-order valence-electron chi connectivity index (χ2n) is 7.98. The third-order valence-corrected chi connectivity index (χ3v) is 6.89. The predicted octanol–water partition coefficient (Wildman–Crippen LogP) is 2.49. The van der Waals surface area contributed by atoms with Crippen molar-refractivity contribution in [3.63, 3.8) is 0 Å². The van der Waals surface area contributed by atoms with E-state index in [9.17, 15) is 13.2 Å². The topological polar surface area (TPSA) is 92.5 Å². The van der Waals surface area contributed by atoms with Crippen LogP contribution in [0.5, 0.6) is 0 Å². The van der Waals surface area contributed by atoms with Crippen LogP contribution in [0.15, 0.2) is 29.2 Å². The summed E-state index contributed by atoms with van der Waals surface area (Å²) in [5, 5.41) is 2.95. The van der Waals surface area contributed by atoms with Crippen molar-refractivity contribution in [1.29, 1.82) is 0 Å². The van der Waals surface area contributed by atoms with E-state index in [0.717, 1.165) is 5.56 Å². The van der Waals surface area contributed by atoms with Gasteiger partial charge < -0.3 is 11.1 Å². The molecule has 3 N–H and O–H groups in total. The summed E-state index contributed by atoms with van der Waals surface area (Å²) in [7, 11) is -3.51. The summed E-state index contributed by atoms with van der Waals surface area (Å²) >= 11 is 0. The van der Waals surface area contributed by atoms with Crippen LogP contribution in [0.4, 0.5) is 0 Å². The van der Waals surface area contributed by atoms with Crippen molar-refractivity contribution in [3.8, 4) is 0 Å². The number of amides is 1. The smallest absolute Gasteiger partial charge is 0.243 e. The summed E-state index contributed by atoms with van der Waals surface area (Å²) < 4.78 is 27.1. The lowest BCUT2D eigenvalue weighted by Crippen LogP contribution is -2.52. The van der Waals surface area contributed by atoms with Gasteiger partial charge in [0.1, 0.15) is 0 Å². The van der Waals surface area contributed by atoms with Gasteiger partial charge in [-0.15, -0.1) is 12.4 Å². The average Bonchev–Trinajstić information content (AvgIpc) is 2.61. The summed E-state index contributed by atoms with van der Waals surface area (Å²) in [6.07, 6.45) is 1.05. The maximum absolute atomic E-state index is 12.8. The van der Waals surface area contributed by atoms with Crippen LogP contribution in [0.3, 0.4) is 0 Å². The highest BCUT2D eigenvalue weighted by Gasteiger charge is 2.33. The van der Waals surface area contributed by atoms with Crippen molar-refractivity contribution in [2.75, 3.05) is 19.6 Å². The summed E-state index contributed by atoms with van der Waals surface area (Å²) in [6, 6.07) is 7.08. The van der Waals surface area contributed by atoms with Crippen molar-refractivity contribution in [2.45, 2.75) is 56.9 Å². The molecule has 0 spiro atoms. The van der Waals surface area contributed by atoms with E-state index in [1.54, 1.807) is 12.1 Å². The average molecular weight is 418 g/mol. The third-order valence-electron chi connectivity index (χ3n) is 4.98. The summed E-state index contributed by atoms with van der Waals surface area (Å²) in [6.45, 7) is 8.98. The van der Waals surface area contributed by atoms with Crippen molar-refractivity contribution in [2.24, 2.45) is 11.7 Å². The van der Waals surface area contributed by atoms with Crippen LogP contribution in [0.25, 0.3) is 0 Å². The van der Waals surface area contributed by atoms with Crippen LogP contribution in [0.1, 0.15) is 52.0 Å². The van der Waals surface area contributed by atoms with E-state index < -0.39 is 15.6 Å². The van der Waals surface area contributed by atoms with Gasteiger partial charge in [-0.3, -0.25) is 4.79 Å². The molecule has 6 nitrogen and oxygen atoms in total. The van der Waals surface area contributed by atoms with Crippen molar-refractivity contribution in [3.05, 3.63) is 29.8 Å². The van der Waals surface area contributed by atoms with Gasteiger partial charge in [0.05, 0.1) is 4.90 Å². The minimum atomic E-state index is -3.51. The van der Waals surface area contributed by atoms with Gasteiger partial charge in [0.2, 0.25) is 15.9 Å². The quantitative estimate of drug-likeness (QED) is 0.743. The molecule has 8 heteroatoms. The number of nitrogens with one attached hydrogen (secondary N) is 1. The fourth-order valence-electron chi connectivity index (χ4n) is 3.02. The number of benzene rings is 1. The van der Waals surface area contributed by atoms with E-state index in [2.05, 4.69) is 19.2 Å². The number of hydrogen-bond donors (Lipinski definition) is 2. The normalized spacial score (nSPS) is 16.8. The monoisotopic (exact) mass is 417 g/mol. The first-order valence-electron chi connectivity index (χ1n) is 9.19. The highest BCUT2D eigenvalue weighted by molar-refractivity contribution is 7.89. The lowest BCUT2D eigenvalue weighted by Gasteiger charge is -2.33. The Hall–Kier alpha value is -1.15. The molecular formula is C19H32ClN3O3S. The third kappa shape index (κ3) is 5.91. The van der Waals surface area contributed by atoms with Crippen molar-refractivity contribution in [1.82, 2.24) is 9.62 Å². The molecule has 1 aromatic rings. The van der Waals surface area contributed by atoms with Crippen LogP contribution in [-0.2, 0) is 14.8 Å². The standard InChI is InChI=1S/C19H31N3O3S.ClH/c1-14(2)15-5-7-17(8-6-15)26(24,25)22-11-9-16(10-12-22)18(23)21-19(3,4)13-20;/h5-8,14,16H,9-13,20H2,1-4H3,(H,21,23);1H. The molecule has 154 valence electrons. The molecule has 0 radical (unpaired) electrons. The Labute approximate surface area is 169 Å². The first-order valence-corrected chi connectivity index (χ1v) is 10.6. The summed E-state index contributed by atoms with van der Waals surface area (Å²) in [5.41, 5.74) is 6.32. The van der Waals surface area contributed by atoms with Gasteiger partial charge in [-0.1, -0.05) is 26.0 Å². The fraction of sp³-hybridized carbons (Fsp3) is 0.632. The zero-order valence-electron chi connectivity index (χ0n) is 16.6. The molecule has 1 fully saturated rings. The number of halogens is 1. The Morgan fingerprint density at radius 3 is 2.19 bits per heavy atom. The number of nitrogens with two attached hydrogens (primary N) is 1. The van der Waals surface area contributed by atoms with Gasteiger partial charge in [0.25, 0.3) is 0 Å². The highest BCUT2D eigenvalue weighted by atomic mass is 35.5. The molecule has 0 unspecified atom stereocenters. The Balaban J connectivity index is 0.00000364. The van der Waals surface area contributed by atoms with E-state index in [4.69, 9.17) is 5.73 Å². The minimum Gasteiger partial charge on any atom is -0.350 e. The molecule has 1 aromatic carbocycles. The van der Waals surface area contributed by atoms with E-state index in [1.165, 1.54) is 4.31 Å². The zero-order chi connectivity index (χ0) is 19.5. The second kappa shape index (κ2) is 9.37. The zero-order valence-corrected chi connectivity index (χ0v) is 18.2. The highest BCUT2D eigenvalue weighted by Crippen LogP contribution is 2.25. The van der Waals surface area contributed by atoms with Crippen LogP contribution in [0.2, 0.25) is 0 Å². The first-order chi connectivity index (χ1) is 12.1. The Bertz CT molecular complexity index is 725. The summed E-state index contributed by atoms with van der Waals surface area (Å²) in [5.74, 6) is 0.146. The Kier molecular flexibility index (Phi) is 8.29. The van der Waals surface area contributed by atoms with Crippen LogP contribution >= 0.6 is 12.4 Å². The van der Waals surface area contributed by atoms with Gasteiger partial charge in [-0.2, -0.15) is 4.31 Å². The van der Waals surface area contributed by atoms with Crippen molar-refractivity contribution < 1.29 is 13.2 Å². The van der Waals surface area contributed by atoms with Crippen LogP contribution in [0, 0.1) is 5.92 Å². The maximum atomic E-state index is 12.8. The number of hydrogen-bond acceptors (Lipinski definition) is 4. The van der Waals surface area contributed by atoms with Gasteiger partial charge in [0, 0.05) is 31.1 Å². The maximum Gasteiger partial charge on any atom is 0.243 e. The summed E-state index contributed by atoms with van der Waals surface area (Å²) in [4.78, 5) is 12.7. The molecule has 1 amide bonds. The minimum absolute atomic E-state index is 0. The van der Waals surface area contributed by atoms with E-state index in [1.807, 2.05) is 26.0 Å². The Morgan fingerprint density at radius 1 is 1.22 bits per heavy atom. The molecule has 1 aliphatic rings. The van der Waals surface area contributed by atoms with Gasteiger partial charge in [0.15, 0.2) is 0 Å². The molecule has 0 aliphatic carbocycles. The number of rotatable bonds is 6. The second-order valence-corrected chi connectivity index (χ2v) is 9.92. The largest absolute Gasteiger partial charge is 0.350 e. The van der Waals surface area contributed by atoms with E-state index in [-0.39, 0.29) is 24.2 Å². The molecule has 1 heterocycles. The predicted molar refractivity (Wildman–Crippen MR) is 111 cm³/mol. The molecule has 0 atom stereocenters. The number of carbonyl (C=O) groups is 1. The fourth-order valence-corrected chi connectivity index (χ4v) is 4.49. The molecule has 0 bridgehead atoms. The molecule has 0 aromatic heterocycles. The van der Waals surface area contributed by atoms with Gasteiger partial charge in [-0.05, 0) is 50.3 Å². The van der Waals surface area contributed by atoms with E-state index in [0.29, 0.717) is 43.3 Å². The number of piperidine rings is 1. The Morgan fingerprint density at radius 2 is 1.74 bits per heavy atom. The SMILES string of the molecule is CC(C)c1ccc(S(=O)(=O)N2CCC(C(=O)NC(C)(C)CN)CC2)cc1.Cl. The molecule has 0 saturated carbocycles. The lowest BCUT2D eigenvalue weighted by atomic mass is 9.95. The number of nitrogens with zero attached hydrogens (tertiary/aromatic N) is 1. The molecule has 27 heavy (non-hydrogen) atoms. The van der Waals surface area contributed by atoms with E-state index >= 15 is 0 Å². The molecular weight excluding hydrogens is 386 g/mol. The van der Waals surface area contributed by atoms with Crippen LogP contribution < -0.4 is 11.1 Å². The first kappa shape index (κ1) is 23.9.